The van der Waals surface area contributed by atoms with Gasteiger partial charge in [0, 0.05) is 0 Å². The number of benzene rings is 1. The zero-order valence-electron chi connectivity index (χ0n) is 10.6. The van der Waals surface area contributed by atoms with Gasteiger partial charge in [0.25, 0.3) is 0 Å². The standard InChI is InChI=1S/C12H20N2O2S/c1-10-6-4-7-12(11(10)2)14-17(15,16)9-5-8-13-3/h4,6-7,13-14H,5,8-9H2,1-3H3. The number of hydrogen-bond donors (Lipinski definition) is 2. The lowest BCUT2D eigenvalue weighted by Gasteiger charge is -2.11. The Balaban J connectivity index is 2.73. The second-order valence-electron chi connectivity index (χ2n) is 4.13. The fourth-order valence-electron chi connectivity index (χ4n) is 1.52. The molecule has 1 rings (SSSR count). The summed E-state index contributed by atoms with van der Waals surface area (Å²) in [6, 6.07) is 5.61. The van der Waals surface area contributed by atoms with Gasteiger partial charge in [-0.05, 0) is 51.1 Å². The van der Waals surface area contributed by atoms with E-state index in [1.807, 2.05) is 33.0 Å². The van der Waals surface area contributed by atoms with Crippen LogP contribution in [-0.4, -0.2) is 27.8 Å². The Labute approximate surface area is 103 Å². The summed E-state index contributed by atoms with van der Waals surface area (Å²) in [7, 11) is -1.43. The molecule has 0 saturated carbocycles. The summed E-state index contributed by atoms with van der Waals surface area (Å²) in [6.07, 6.45) is 0.608. The Bertz CT molecular complexity index is 469. The van der Waals surface area contributed by atoms with Gasteiger partial charge in [-0.25, -0.2) is 8.42 Å². The third-order valence-electron chi connectivity index (χ3n) is 2.71. The van der Waals surface area contributed by atoms with E-state index in [4.69, 9.17) is 0 Å². The number of sulfonamides is 1. The number of nitrogens with one attached hydrogen (secondary N) is 2. The predicted octanol–water partition coefficient (Wildman–Crippen LogP) is 1.65. The molecule has 1 aromatic rings. The van der Waals surface area contributed by atoms with Crippen LogP contribution in [0.2, 0.25) is 0 Å². The van der Waals surface area contributed by atoms with Gasteiger partial charge in [-0.1, -0.05) is 12.1 Å². The average molecular weight is 256 g/mol. The molecule has 1 aromatic carbocycles. The lowest BCUT2D eigenvalue weighted by atomic mass is 10.1. The van der Waals surface area contributed by atoms with Crippen molar-refractivity contribution in [2.45, 2.75) is 20.3 Å². The first kappa shape index (κ1) is 14.0. The molecule has 0 aromatic heterocycles. The van der Waals surface area contributed by atoms with Crippen LogP contribution in [0.4, 0.5) is 5.69 Å². The summed E-state index contributed by atoms with van der Waals surface area (Å²) < 4.78 is 26.2. The molecular formula is C12H20N2O2S. The van der Waals surface area contributed by atoms with Gasteiger partial charge in [-0.2, -0.15) is 0 Å². The second-order valence-corrected chi connectivity index (χ2v) is 5.97. The van der Waals surface area contributed by atoms with Crippen LogP contribution in [0.3, 0.4) is 0 Å². The maximum Gasteiger partial charge on any atom is 0.232 e. The Morgan fingerprint density at radius 3 is 2.59 bits per heavy atom. The second kappa shape index (κ2) is 6.02. The summed E-state index contributed by atoms with van der Waals surface area (Å²) in [4.78, 5) is 0. The first-order valence-corrected chi connectivity index (χ1v) is 7.33. The summed E-state index contributed by atoms with van der Waals surface area (Å²) in [5, 5.41) is 2.93. The fraction of sp³-hybridized carbons (Fsp3) is 0.500. The van der Waals surface area contributed by atoms with Gasteiger partial charge in [-0.15, -0.1) is 0 Å². The minimum absolute atomic E-state index is 0.140. The first-order chi connectivity index (χ1) is 7.96. The predicted molar refractivity (Wildman–Crippen MR) is 71.9 cm³/mol. The van der Waals surface area contributed by atoms with Gasteiger partial charge in [0.15, 0.2) is 0 Å². The fourth-order valence-corrected chi connectivity index (χ4v) is 2.70. The average Bonchev–Trinajstić information content (AvgIpc) is 2.25. The molecule has 0 spiro atoms. The molecule has 0 fully saturated rings. The van der Waals surface area contributed by atoms with E-state index < -0.39 is 10.0 Å². The molecule has 0 radical (unpaired) electrons. The topological polar surface area (TPSA) is 58.2 Å². The molecule has 0 heterocycles. The molecule has 0 bridgehead atoms. The quantitative estimate of drug-likeness (QED) is 0.761. The molecule has 0 saturated heterocycles. The van der Waals surface area contributed by atoms with Crippen molar-refractivity contribution in [1.82, 2.24) is 5.32 Å². The number of hydrogen-bond acceptors (Lipinski definition) is 3. The van der Waals surface area contributed by atoms with Crippen molar-refractivity contribution in [3.8, 4) is 0 Å². The van der Waals surface area contributed by atoms with E-state index in [9.17, 15) is 8.42 Å². The SMILES string of the molecule is CNCCCS(=O)(=O)Nc1cccc(C)c1C. The highest BCUT2D eigenvalue weighted by molar-refractivity contribution is 7.92. The van der Waals surface area contributed by atoms with Crippen LogP contribution < -0.4 is 10.0 Å². The van der Waals surface area contributed by atoms with Gasteiger partial charge in [0.2, 0.25) is 10.0 Å². The van der Waals surface area contributed by atoms with Crippen molar-refractivity contribution in [3.63, 3.8) is 0 Å². The minimum Gasteiger partial charge on any atom is -0.320 e. The molecule has 5 heteroatoms. The Morgan fingerprint density at radius 2 is 1.94 bits per heavy atom. The largest absolute Gasteiger partial charge is 0.320 e. The van der Waals surface area contributed by atoms with Gasteiger partial charge >= 0.3 is 0 Å². The van der Waals surface area contributed by atoms with Crippen LogP contribution in [0, 0.1) is 13.8 Å². The number of anilines is 1. The van der Waals surface area contributed by atoms with E-state index in [1.165, 1.54) is 0 Å². The molecular weight excluding hydrogens is 236 g/mol. The molecule has 17 heavy (non-hydrogen) atoms. The highest BCUT2D eigenvalue weighted by Gasteiger charge is 2.11. The third-order valence-corrected chi connectivity index (χ3v) is 4.07. The molecule has 0 aliphatic heterocycles. The molecule has 0 aliphatic rings. The Kier molecular flexibility index (Phi) is 4.96. The highest BCUT2D eigenvalue weighted by atomic mass is 32.2. The Hall–Kier alpha value is -1.07. The summed E-state index contributed by atoms with van der Waals surface area (Å²) >= 11 is 0. The normalized spacial score (nSPS) is 11.5. The van der Waals surface area contributed by atoms with Crippen LogP contribution >= 0.6 is 0 Å². The monoisotopic (exact) mass is 256 g/mol. The van der Waals surface area contributed by atoms with E-state index in [0.717, 1.165) is 11.1 Å². The maximum atomic E-state index is 11.8. The van der Waals surface area contributed by atoms with E-state index >= 15 is 0 Å². The molecule has 2 N–H and O–H groups in total. The zero-order chi connectivity index (χ0) is 12.9. The molecule has 0 amide bonds. The van der Waals surface area contributed by atoms with Crippen LogP contribution in [-0.2, 0) is 10.0 Å². The van der Waals surface area contributed by atoms with Crippen LogP contribution in [0.5, 0.6) is 0 Å². The summed E-state index contributed by atoms with van der Waals surface area (Å²) in [5.74, 6) is 0.140. The molecule has 0 aliphatic carbocycles. The van der Waals surface area contributed by atoms with Crippen molar-refractivity contribution < 1.29 is 8.42 Å². The summed E-state index contributed by atoms with van der Waals surface area (Å²) in [6.45, 7) is 4.59. The zero-order valence-corrected chi connectivity index (χ0v) is 11.4. The van der Waals surface area contributed by atoms with E-state index in [-0.39, 0.29) is 5.75 Å². The van der Waals surface area contributed by atoms with Crippen LogP contribution in [0.1, 0.15) is 17.5 Å². The van der Waals surface area contributed by atoms with E-state index in [0.29, 0.717) is 18.7 Å². The molecule has 96 valence electrons. The van der Waals surface area contributed by atoms with E-state index in [1.54, 1.807) is 6.07 Å². The van der Waals surface area contributed by atoms with Gasteiger partial charge in [0.05, 0.1) is 11.4 Å². The van der Waals surface area contributed by atoms with Crippen molar-refractivity contribution in [1.29, 1.82) is 0 Å². The number of rotatable bonds is 6. The van der Waals surface area contributed by atoms with Crippen molar-refractivity contribution in [2.75, 3.05) is 24.1 Å². The third kappa shape index (κ3) is 4.36. The lowest BCUT2D eigenvalue weighted by molar-refractivity contribution is 0.597. The van der Waals surface area contributed by atoms with Gasteiger partial charge in [-0.3, -0.25) is 4.72 Å². The van der Waals surface area contributed by atoms with Crippen molar-refractivity contribution in [3.05, 3.63) is 29.3 Å². The molecule has 4 nitrogen and oxygen atoms in total. The highest BCUT2D eigenvalue weighted by Crippen LogP contribution is 2.19. The minimum atomic E-state index is -3.24. The molecule has 0 unspecified atom stereocenters. The van der Waals surface area contributed by atoms with Crippen molar-refractivity contribution >= 4 is 15.7 Å². The van der Waals surface area contributed by atoms with Gasteiger partial charge < -0.3 is 5.32 Å². The Morgan fingerprint density at radius 1 is 1.24 bits per heavy atom. The van der Waals surface area contributed by atoms with E-state index in [2.05, 4.69) is 10.0 Å². The summed E-state index contributed by atoms with van der Waals surface area (Å²) in [5.41, 5.74) is 2.74. The van der Waals surface area contributed by atoms with Gasteiger partial charge in [0.1, 0.15) is 0 Å². The van der Waals surface area contributed by atoms with Crippen LogP contribution in [0.25, 0.3) is 0 Å². The van der Waals surface area contributed by atoms with Crippen molar-refractivity contribution in [2.24, 2.45) is 0 Å². The first-order valence-electron chi connectivity index (χ1n) is 5.67. The lowest BCUT2D eigenvalue weighted by Crippen LogP contribution is -2.20. The van der Waals surface area contributed by atoms with Crippen LogP contribution in [0.15, 0.2) is 18.2 Å². The number of aryl methyl sites for hydroxylation is 1. The smallest absolute Gasteiger partial charge is 0.232 e. The maximum absolute atomic E-state index is 11.8. The molecule has 0 atom stereocenters.